The first-order chi connectivity index (χ1) is 11.5. The third-order valence-corrected chi connectivity index (χ3v) is 3.67. The van der Waals surface area contributed by atoms with Crippen molar-refractivity contribution in [3.63, 3.8) is 0 Å². The van der Waals surface area contributed by atoms with E-state index in [1.807, 2.05) is 32.0 Å². The lowest BCUT2D eigenvalue weighted by Gasteiger charge is -2.18. The summed E-state index contributed by atoms with van der Waals surface area (Å²) in [6.07, 6.45) is 0.522. The van der Waals surface area contributed by atoms with Crippen molar-refractivity contribution < 1.29 is 19.1 Å². The van der Waals surface area contributed by atoms with Crippen LogP contribution in [-0.2, 0) is 9.53 Å². The number of amides is 1. The first-order valence-electron chi connectivity index (χ1n) is 8.09. The van der Waals surface area contributed by atoms with E-state index in [9.17, 15) is 9.59 Å². The maximum atomic E-state index is 12.5. The molecule has 6 heteroatoms. The quantitative estimate of drug-likeness (QED) is 0.764. The summed E-state index contributed by atoms with van der Waals surface area (Å²) in [6.45, 7) is 6.02. The second-order valence-electron chi connectivity index (χ2n) is 6.01. The second kappa shape index (κ2) is 7.86. The van der Waals surface area contributed by atoms with Crippen LogP contribution in [0.4, 0.5) is 0 Å². The molecule has 24 heavy (non-hydrogen) atoms. The van der Waals surface area contributed by atoms with Gasteiger partial charge in [-0.2, -0.15) is 0 Å². The third-order valence-electron chi connectivity index (χ3n) is 3.67. The standard InChI is InChI=1S/C18H24N2O4/c1-5-24-18(22)15(9-11(2)3)20-17(21)14-10-12-13(19-14)7-6-8-16(12)23-4/h6-8,10-11,15,19H,5,9H2,1-4H3,(H,20,21). The van der Waals surface area contributed by atoms with Gasteiger partial charge in [0.15, 0.2) is 0 Å². The summed E-state index contributed by atoms with van der Waals surface area (Å²) in [5.41, 5.74) is 1.18. The van der Waals surface area contributed by atoms with Crippen LogP contribution in [-0.4, -0.2) is 36.6 Å². The SMILES string of the molecule is CCOC(=O)C(CC(C)C)NC(=O)c1cc2c(OC)cccc2[nH]1. The maximum Gasteiger partial charge on any atom is 0.328 e. The highest BCUT2D eigenvalue weighted by molar-refractivity contribution is 6.01. The van der Waals surface area contributed by atoms with Crippen LogP contribution >= 0.6 is 0 Å². The van der Waals surface area contributed by atoms with E-state index in [1.165, 1.54) is 0 Å². The number of hydrogen-bond acceptors (Lipinski definition) is 4. The molecule has 1 amide bonds. The van der Waals surface area contributed by atoms with Gasteiger partial charge in [0, 0.05) is 10.9 Å². The number of aromatic amines is 1. The molecule has 0 fully saturated rings. The summed E-state index contributed by atoms with van der Waals surface area (Å²) >= 11 is 0. The minimum absolute atomic E-state index is 0.252. The van der Waals surface area contributed by atoms with Crippen LogP contribution in [0.5, 0.6) is 5.75 Å². The lowest BCUT2D eigenvalue weighted by Crippen LogP contribution is -2.42. The number of H-pyrrole nitrogens is 1. The van der Waals surface area contributed by atoms with Gasteiger partial charge < -0.3 is 19.8 Å². The predicted molar refractivity (Wildman–Crippen MR) is 92.2 cm³/mol. The molecule has 1 unspecified atom stereocenters. The first kappa shape index (κ1) is 17.8. The number of ether oxygens (including phenoxy) is 2. The van der Waals surface area contributed by atoms with Gasteiger partial charge in [-0.25, -0.2) is 4.79 Å². The van der Waals surface area contributed by atoms with Crippen molar-refractivity contribution in [3.8, 4) is 5.75 Å². The number of hydrogen-bond donors (Lipinski definition) is 2. The number of benzene rings is 1. The Balaban J connectivity index is 2.21. The van der Waals surface area contributed by atoms with E-state index >= 15 is 0 Å². The predicted octanol–water partition coefficient (Wildman–Crippen LogP) is 2.88. The van der Waals surface area contributed by atoms with Gasteiger partial charge in [-0.1, -0.05) is 19.9 Å². The van der Waals surface area contributed by atoms with E-state index in [-0.39, 0.29) is 18.4 Å². The van der Waals surface area contributed by atoms with Crippen LogP contribution in [0, 0.1) is 5.92 Å². The normalized spacial score (nSPS) is 12.2. The molecule has 0 spiro atoms. The lowest BCUT2D eigenvalue weighted by atomic mass is 10.0. The van der Waals surface area contributed by atoms with Crippen LogP contribution in [0.2, 0.25) is 0 Å². The minimum atomic E-state index is -0.661. The lowest BCUT2D eigenvalue weighted by molar-refractivity contribution is -0.145. The molecule has 0 radical (unpaired) electrons. The first-order valence-corrected chi connectivity index (χ1v) is 8.09. The van der Waals surface area contributed by atoms with Crippen LogP contribution in [0.1, 0.15) is 37.7 Å². The highest BCUT2D eigenvalue weighted by atomic mass is 16.5. The number of nitrogens with one attached hydrogen (secondary N) is 2. The zero-order valence-corrected chi connectivity index (χ0v) is 14.5. The van der Waals surface area contributed by atoms with Crippen molar-refractivity contribution in [2.45, 2.75) is 33.2 Å². The average Bonchev–Trinajstić information content (AvgIpc) is 2.98. The van der Waals surface area contributed by atoms with E-state index < -0.39 is 12.0 Å². The van der Waals surface area contributed by atoms with Crippen molar-refractivity contribution >= 4 is 22.8 Å². The van der Waals surface area contributed by atoms with Crippen molar-refractivity contribution in [1.82, 2.24) is 10.3 Å². The molecular weight excluding hydrogens is 308 g/mol. The van der Waals surface area contributed by atoms with E-state index in [0.717, 1.165) is 10.9 Å². The zero-order chi connectivity index (χ0) is 17.7. The van der Waals surface area contributed by atoms with Gasteiger partial charge in [-0.15, -0.1) is 0 Å². The molecule has 1 aromatic carbocycles. The van der Waals surface area contributed by atoms with Crippen molar-refractivity contribution in [2.24, 2.45) is 5.92 Å². The van der Waals surface area contributed by atoms with Crippen LogP contribution in [0.3, 0.4) is 0 Å². The Kier molecular flexibility index (Phi) is 5.84. The summed E-state index contributed by atoms with van der Waals surface area (Å²) < 4.78 is 10.4. The smallest absolute Gasteiger partial charge is 0.328 e. The van der Waals surface area contributed by atoms with Gasteiger partial charge >= 0.3 is 5.97 Å². The Morgan fingerprint density at radius 2 is 2.04 bits per heavy atom. The third kappa shape index (κ3) is 4.07. The average molecular weight is 332 g/mol. The highest BCUT2D eigenvalue weighted by Gasteiger charge is 2.24. The highest BCUT2D eigenvalue weighted by Crippen LogP contribution is 2.26. The summed E-state index contributed by atoms with van der Waals surface area (Å²) in [7, 11) is 1.58. The molecule has 6 nitrogen and oxygen atoms in total. The van der Waals surface area contributed by atoms with Gasteiger partial charge in [-0.3, -0.25) is 4.79 Å². The molecule has 0 bridgehead atoms. The van der Waals surface area contributed by atoms with E-state index in [4.69, 9.17) is 9.47 Å². The molecule has 1 heterocycles. The topological polar surface area (TPSA) is 80.4 Å². The molecule has 2 rings (SSSR count). The molecule has 130 valence electrons. The molecule has 0 aliphatic heterocycles. The Morgan fingerprint density at radius 1 is 1.29 bits per heavy atom. The maximum absolute atomic E-state index is 12.5. The zero-order valence-electron chi connectivity index (χ0n) is 14.5. The molecule has 1 atom stereocenters. The Hall–Kier alpha value is -2.50. The van der Waals surface area contributed by atoms with Gasteiger partial charge in [0.2, 0.25) is 0 Å². The summed E-state index contributed by atoms with van der Waals surface area (Å²) in [5.74, 6) is 0.189. The van der Waals surface area contributed by atoms with Crippen LogP contribution < -0.4 is 10.1 Å². The molecule has 0 aliphatic rings. The molecule has 2 aromatic rings. The fraction of sp³-hybridized carbons (Fsp3) is 0.444. The van der Waals surface area contributed by atoms with Gasteiger partial charge in [-0.05, 0) is 37.5 Å². The molecular formula is C18H24N2O4. The number of fused-ring (bicyclic) bond motifs is 1. The number of esters is 1. The van der Waals surface area contributed by atoms with Gasteiger partial charge in [0.25, 0.3) is 5.91 Å². The number of rotatable bonds is 7. The largest absolute Gasteiger partial charge is 0.496 e. The molecule has 0 saturated heterocycles. The molecule has 0 saturated carbocycles. The number of methoxy groups -OCH3 is 1. The van der Waals surface area contributed by atoms with E-state index in [2.05, 4.69) is 10.3 Å². The monoisotopic (exact) mass is 332 g/mol. The number of carbonyl (C=O) groups excluding carboxylic acids is 2. The summed E-state index contributed by atoms with van der Waals surface area (Å²) in [5, 5.41) is 3.58. The molecule has 2 N–H and O–H groups in total. The van der Waals surface area contributed by atoms with Crippen molar-refractivity contribution in [3.05, 3.63) is 30.0 Å². The van der Waals surface area contributed by atoms with Gasteiger partial charge in [0.05, 0.1) is 13.7 Å². The van der Waals surface area contributed by atoms with Crippen molar-refractivity contribution in [2.75, 3.05) is 13.7 Å². The fourth-order valence-electron chi connectivity index (χ4n) is 2.59. The number of carbonyl (C=O) groups is 2. The number of aromatic nitrogens is 1. The van der Waals surface area contributed by atoms with E-state index in [0.29, 0.717) is 17.9 Å². The summed E-state index contributed by atoms with van der Waals surface area (Å²) in [4.78, 5) is 27.6. The van der Waals surface area contributed by atoms with Crippen molar-refractivity contribution in [1.29, 1.82) is 0 Å². The van der Waals surface area contributed by atoms with Crippen LogP contribution in [0.15, 0.2) is 24.3 Å². The molecule has 0 aliphatic carbocycles. The fourth-order valence-corrected chi connectivity index (χ4v) is 2.59. The van der Waals surface area contributed by atoms with Crippen LogP contribution in [0.25, 0.3) is 10.9 Å². The Morgan fingerprint density at radius 3 is 2.67 bits per heavy atom. The summed E-state index contributed by atoms with van der Waals surface area (Å²) in [6, 6.07) is 6.61. The second-order valence-corrected chi connectivity index (χ2v) is 6.01. The van der Waals surface area contributed by atoms with E-state index in [1.54, 1.807) is 20.1 Å². The molecule has 1 aromatic heterocycles. The van der Waals surface area contributed by atoms with Gasteiger partial charge in [0.1, 0.15) is 17.5 Å². The Bertz CT molecular complexity index is 721. The Labute approximate surface area is 141 Å². The minimum Gasteiger partial charge on any atom is -0.496 e.